The molecule has 0 spiro atoms. The van der Waals surface area contributed by atoms with Crippen LogP contribution in [-0.2, 0) is 6.54 Å². The Hall–Kier alpha value is -2.34. The molecule has 6 nitrogen and oxygen atoms in total. The Morgan fingerprint density at radius 1 is 1.39 bits per heavy atom. The largest absolute Gasteiger partial charge is 0.391 e. The number of aliphatic hydroxyl groups excluding tert-OH is 1. The molecule has 1 aromatic heterocycles. The topological polar surface area (TPSA) is 70.4 Å². The predicted molar refractivity (Wildman–Crippen MR) is 88.3 cm³/mol. The minimum Gasteiger partial charge on any atom is -0.391 e. The van der Waals surface area contributed by atoms with E-state index in [1.54, 1.807) is 11.1 Å². The number of nitrogens with zero attached hydrogens (tertiary/aromatic N) is 3. The Labute approximate surface area is 135 Å². The minimum atomic E-state index is -0.400. The molecule has 2 N–H and O–H groups in total. The average molecular weight is 314 g/mol. The summed E-state index contributed by atoms with van der Waals surface area (Å²) in [5.41, 5.74) is 1.57. The lowest BCUT2D eigenvalue weighted by molar-refractivity contribution is 0.0474. The average Bonchev–Trinajstić information content (AvgIpc) is 3.08. The van der Waals surface area contributed by atoms with Crippen LogP contribution in [0.5, 0.6) is 0 Å². The monoisotopic (exact) mass is 314 g/mol. The molecule has 122 valence electrons. The fourth-order valence-corrected chi connectivity index (χ4v) is 2.83. The molecule has 1 fully saturated rings. The van der Waals surface area contributed by atoms with Gasteiger partial charge in [-0.2, -0.15) is 5.10 Å². The summed E-state index contributed by atoms with van der Waals surface area (Å²) in [5.74, 6) is -0.0144. The highest BCUT2D eigenvalue weighted by molar-refractivity contribution is 5.95. The van der Waals surface area contributed by atoms with Gasteiger partial charge in [0, 0.05) is 43.3 Å². The first-order valence-electron chi connectivity index (χ1n) is 8.01. The zero-order valence-corrected chi connectivity index (χ0v) is 13.1. The summed E-state index contributed by atoms with van der Waals surface area (Å²) in [4.78, 5) is 14.3. The van der Waals surface area contributed by atoms with Crippen LogP contribution in [0.1, 0.15) is 23.2 Å². The van der Waals surface area contributed by atoms with Crippen molar-refractivity contribution in [2.24, 2.45) is 0 Å². The molecule has 1 saturated heterocycles. The number of carbonyl (C=O) groups excluding carboxylic acids is 1. The van der Waals surface area contributed by atoms with Gasteiger partial charge in [-0.1, -0.05) is 6.07 Å². The van der Waals surface area contributed by atoms with E-state index < -0.39 is 6.10 Å². The molecule has 1 amide bonds. The number of aliphatic hydroxyl groups is 1. The molecule has 1 aliphatic heterocycles. The Kier molecular flexibility index (Phi) is 4.92. The number of nitrogens with one attached hydrogen (secondary N) is 1. The van der Waals surface area contributed by atoms with E-state index in [9.17, 15) is 9.90 Å². The van der Waals surface area contributed by atoms with Crippen molar-refractivity contribution in [2.75, 3.05) is 25.0 Å². The van der Waals surface area contributed by atoms with Crippen molar-refractivity contribution in [1.29, 1.82) is 0 Å². The number of rotatable bonds is 5. The highest BCUT2D eigenvalue weighted by Crippen LogP contribution is 2.16. The number of aromatic nitrogens is 2. The smallest absolute Gasteiger partial charge is 0.254 e. The lowest BCUT2D eigenvalue weighted by Gasteiger charge is -2.30. The van der Waals surface area contributed by atoms with Crippen LogP contribution in [0.15, 0.2) is 42.7 Å². The highest BCUT2D eigenvalue weighted by Gasteiger charge is 2.23. The molecule has 6 heteroatoms. The Balaban J connectivity index is 1.59. The van der Waals surface area contributed by atoms with E-state index in [4.69, 9.17) is 0 Å². The van der Waals surface area contributed by atoms with Crippen LogP contribution < -0.4 is 5.32 Å². The van der Waals surface area contributed by atoms with Gasteiger partial charge in [0.2, 0.25) is 0 Å². The minimum absolute atomic E-state index is 0.0144. The molecule has 0 saturated carbocycles. The van der Waals surface area contributed by atoms with E-state index >= 15 is 0 Å². The first kappa shape index (κ1) is 15.6. The standard InChI is InChI=1S/C17H22N4O2/c22-16-6-2-9-20(13-16)17(23)14-4-1-5-15(12-14)18-8-11-21-10-3-7-19-21/h1,3-5,7,10,12,16,18,22H,2,6,8-9,11,13H2. The normalized spacial score (nSPS) is 18.0. The van der Waals surface area contributed by atoms with Crippen molar-refractivity contribution in [2.45, 2.75) is 25.5 Å². The van der Waals surface area contributed by atoms with Crippen molar-refractivity contribution in [3.8, 4) is 0 Å². The maximum absolute atomic E-state index is 12.5. The van der Waals surface area contributed by atoms with Crippen LogP contribution in [0.2, 0.25) is 0 Å². The van der Waals surface area contributed by atoms with Gasteiger partial charge in [0.05, 0.1) is 12.6 Å². The number of amides is 1. The second-order valence-corrected chi connectivity index (χ2v) is 5.82. The van der Waals surface area contributed by atoms with Gasteiger partial charge in [0.15, 0.2) is 0 Å². The molecule has 0 radical (unpaired) electrons. The lowest BCUT2D eigenvalue weighted by Crippen LogP contribution is -2.42. The predicted octanol–water partition coefficient (Wildman–Crippen LogP) is 1.59. The fourth-order valence-electron chi connectivity index (χ4n) is 2.83. The van der Waals surface area contributed by atoms with Crippen molar-refractivity contribution in [1.82, 2.24) is 14.7 Å². The van der Waals surface area contributed by atoms with Crippen molar-refractivity contribution >= 4 is 11.6 Å². The third-order valence-corrected chi connectivity index (χ3v) is 4.02. The van der Waals surface area contributed by atoms with Crippen LogP contribution >= 0.6 is 0 Å². The van der Waals surface area contributed by atoms with Crippen molar-refractivity contribution in [3.05, 3.63) is 48.3 Å². The van der Waals surface area contributed by atoms with E-state index in [1.807, 2.05) is 41.2 Å². The molecule has 1 aromatic carbocycles. The molecular formula is C17H22N4O2. The van der Waals surface area contributed by atoms with Crippen LogP contribution in [0.3, 0.4) is 0 Å². The third kappa shape index (κ3) is 4.10. The molecule has 0 aliphatic carbocycles. The number of hydrogen-bond donors (Lipinski definition) is 2. The van der Waals surface area contributed by atoms with Crippen molar-refractivity contribution in [3.63, 3.8) is 0 Å². The number of likely N-dealkylation sites (tertiary alicyclic amines) is 1. The second-order valence-electron chi connectivity index (χ2n) is 5.82. The molecule has 3 rings (SSSR count). The number of anilines is 1. The van der Waals surface area contributed by atoms with Gasteiger partial charge in [0.25, 0.3) is 5.91 Å². The number of piperidine rings is 1. The number of benzene rings is 1. The van der Waals surface area contributed by atoms with Crippen LogP contribution in [-0.4, -0.2) is 51.4 Å². The summed E-state index contributed by atoms with van der Waals surface area (Å²) in [5, 5.41) is 17.2. The Morgan fingerprint density at radius 3 is 3.09 bits per heavy atom. The highest BCUT2D eigenvalue weighted by atomic mass is 16.3. The van der Waals surface area contributed by atoms with Crippen molar-refractivity contribution < 1.29 is 9.90 Å². The van der Waals surface area contributed by atoms with Crippen LogP contribution in [0.25, 0.3) is 0 Å². The van der Waals surface area contributed by atoms with E-state index in [0.717, 1.165) is 31.6 Å². The van der Waals surface area contributed by atoms with Crippen LogP contribution in [0, 0.1) is 0 Å². The van der Waals surface area contributed by atoms with Gasteiger partial charge in [0.1, 0.15) is 0 Å². The molecular weight excluding hydrogens is 292 g/mol. The van der Waals surface area contributed by atoms with E-state index in [-0.39, 0.29) is 5.91 Å². The van der Waals surface area contributed by atoms with Crippen LogP contribution in [0.4, 0.5) is 5.69 Å². The molecule has 2 heterocycles. The molecule has 23 heavy (non-hydrogen) atoms. The SMILES string of the molecule is O=C(c1cccc(NCCn2cccn2)c1)N1CCCC(O)C1. The molecule has 1 atom stereocenters. The molecule has 0 bridgehead atoms. The van der Waals surface area contributed by atoms with E-state index in [2.05, 4.69) is 10.4 Å². The molecule has 2 aromatic rings. The van der Waals surface area contributed by atoms with Gasteiger partial charge in [-0.25, -0.2) is 0 Å². The summed E-state index contributed by atoms with van der Waals surface area (Å²) in [6.45, 7) is 2.65. The quantitative estimate of drug-likeness (QED) is 0.879. The number of hydrogen-bond acceptors (Lipinski definition) is 4. The first-order valence-corrected chi connectivity index (χ1v) is 8.01. The van der Waals surface area contributed by atoms with E-state index in [0.29, 0.717) is 18.7 Å². The maximum atomic E-state index is 12.5. The zero-order valence-electron chi connectivity index (χ0n) is 13.1. The van der Waals surface area contributed by atoms with E-state index in [1.165, 1.54) is 0 Å². The van der Waals surface area contributed by atoms with Gasteiger partial charge in [-0.15, -0.1) is 0 Å². The first-order chi connectivity index (χ1) is 11.2. The lowest BCUT2D eigenvalue weighted by atomic mass is 10.1. The van der Waals surface area contributed by atoms with Gasteiger partial charge >= 0.3 is 0 Å². The summed E-state index contributed by atoms with van der Waals surface area (Å²) in [7, 11) is 0. The molecule has 1 aliphatic rings. The third-order valence-electron chi connectivity index (χ3n) is 4.02. The molecule has 1 unspecified atom stereocenters. The summed E-state index contributed by atoms with van der Waals surface area (Å²) in [6.07, 6.45) is 4.91. The zero-order chi connectivity index (χ0) is 16.1. The maximum Gasteiger partial charge on any atom is 0.254 e. The Morgan fingerprint density at radius 2 is 2.30 bits per heavy atom. The van der Waals surface area contributed by atoms with Gasteiger partial charge < -0.3 is 15.3 Å². The summed E-state index contributed by atoms with van der Waals surface area (Å²) in [6, 6.07) is 9.41. The number of carbonyl (C=O) groups is 1. The summed E-state index contributed by atoms with van der Waals surface area (Å²) < 4.78 is 1.86. The number of β-amino-alcohol motifs (C(OH)–C–C–N with tert-alkyl or cyclic N) is 1. The summed E-state index contributed by atoms with van der Waals surface area (Å²) >= 11 is 0. The van der Waals surface area contributed by atoms with Gasteiger partial charge in [-0.05, 0) is 37.1 Å². The second kappa shape index (κ2) is 7.28. The Bertz CT molecular complexity index is 642. The van der Waals surface area contributed by atoms with Gasteiger partial charge in [-0.3, -0.25) is 9.48 Å². The fraction of sp³-hybridized carbons (Fsp3) is 0.412.